The number of hydrogen-bond acceptors (Lipinski definition) is 6. The van der Waals surface area contributed by atoms with Crippen molar-refractivity contribution in [3.05, 3.63) is 102 Å². The highest BCUT2D eigenvalue weighted by Crippen LogP contribution is 2.31. The number of aliphatic hydroxyl groups excluding tert-OH is 1. The maximum atomic E-state index is 14.5. The number of anilines is 2. The molecule has 12 heteroatoms. The van der Waals surface area contributed by atoms with Crippen LogP contribution in [0.5, 0.6) is 5.75 Å². The SMILES string of the molecule is C[C@@H]1CCCCO[C@H](CN(C)Cc2ccc(C(F)(F)F)cc2)[C@@H](C)CN([C@H](C)CO)C(=O)c2cc(NC(=O)Nc3cccc4ccccc34)ccc2O1. The van der Waals surface area contributed by atoms with Gasteiger partial charge in [0, 0.05) is 43.2 Å². The van der Waals surface area contributed by atoms with Crippen molar-refractivity contribution in [2.24, 2.45) is 5.92 Å². The lowest BCUT2D eigenvalue weighted by atomic mass is 10.0. The Hall–Kier alpha value is -4.65. The molecule has 5 rings (SSSR count). The van der Waals surface area contributed by atoms with E-state index in [1.54, 1.807) is 30.0 Å². The fourth-order valence-corrected chi connectivity index (χ4v) is 6.56. The van der Waals surface area contributed by atoms with Gasteiger partial charge in [0.1, 0.15) is 5.75 Å². The fraction of sp³-hybridized carbons (Fsp3) is 0.415. The molecule has 0 bridgehead atoms. The van der Waals surface area contributed by atoms with Gasteiger partial charge in [0.15, 0.2) is 0 Å². The van der Waals surface area contributed by atoms with E-state index in [0.29, 0.717) is 36.8 Å². The summed E-state index contributed by atoms with van der Waals surface area (Å²) in [5.41, 5.74) is 1.33. The molecule has 1 aliphatic heterocycles. The number of carbonyl (C=O) groups excluding carboxylic acids is 2. The van der Waals surface area contributed by atoms with Crippen molar-refractivity contribution < 1.29 is 37.3 Å². The Morgan fingerprint density at radius 1 is 1.00 bits per heavy atom. The Labute approximate surface area is 309 Å². The van der Waals surface area contributed by atoms with Gasteiger partial charge in [-0.2, -0.15) is 13.2 Å². The molecule has 9 nitrogen and oxygen atoms in total. The molecule has 3 N–H and O–H groups in total. The van der Waals surface area contributed by atoms with Gasteiger partial charge >= 0.3 is 12.2 Å². The lowest BCUT2D eigenvalue weighted by Gasteiger charge is -2.36. The molecule has 0 fully saturated rings. The number of carbonyl (C=O) groups is 2. The third-order valence-corrected chi connectivity index (χ3v) is 9.57. The summed E-state index contributed by atoms with van der Waals surface area (Å²) in [6.45, 7) is 7.03. The van der Waals surface area contributed by atoms with E-state index in [4.69, 9.17) is 9.47 Å². The van der Waals surface area contributed by atoms with E-state index in [0.717, 1.165) is 47.7 Å². The van der Waals surface area contributed by atoms with Gasteiger partial charge in [0.2, 0.25) is 0 Å². The average molecular weight is 735 g/mol. The largest absolute Gasteiger partial charge is 0.490 e. The van der Waals surface area contributed by atoms with E-state index < -0.39 is 23.8 Å². The van der Waals surface area contributed by atoms with Crippen molar-refractivity contribution in [1.29, 1.82) is 0 Å². The van der Waals surface area contributed by atoms with Crippen LogP contribution in [0.4, 0.5) is 29.3 Å². The first-order valence-electron chi connectivity index (χ1n) is 18.1. The van der Waals surface area contributed by atoms with E-state index in [2.05, 4.69) is 10.6 Å². The number of nitrogens with one attached hydrogen (secondary N) is 2. The van der Waals surface area contributed by atoms with Crippen LogP contribution in [0.25, 0.3) is 10.8 Å². The van der Waals surface area contributed by atoms with Gasteiger partial charge in [-0.25, -0.2) is 4.79 Å². The van der Waals surface area contributed by atoms with Crippen molar-refractivity contribution in [1.82, 2.24) is 9.80 Å². The minimum atomic E-state index is -4.40. The van der Waals surface area contributed by atoms with Crippen LogP contribution in [-0.4, -0.2) is 78.4 Å². The third kappa shape index (κ3) is 10.7. The quantitative estimate of drug-likeness (QED) is 0.168. The number of nitrogens with zero attached hydrogens (tertiary/aromatic N) is 2. The van der Waals surface area contributed by atoms with Crippen LogP contribution in [0.3, 0.4) is 0 Å². The van der Waals surface area contributed by atoms with E-state index in [1.165, 1.54) is 12.1 Å². The Bertz CT molecular complexity index is 1830. The molecule has 0 unspecified atom stereocenters. The van der Waals surface area contributed by atoms with Gasteiger partial charge < -0.3 is 30.1 Å². The summed E-state index contributed by atoms with van der Waals surface area (Å²) in [6.07, 6.45) is -2.60. The summed E-state index contributed by atoms with van der Waals surface area (Å²) in [5, 5.41) is 17.9. The fourth-order valence-electron chi connectivity index (χ4n) is 6.56. The van der Waals surface area contributed by atoms with Crippen LogP contribution in [0.2, 0.25) is 0 Å². The average Bonchev–Trinajstić information content (AvgIpc) is 3.12. The summed E-state index contributed by atoms with van der Waals surface area (Å²) in [7, 11) is 1.89. The zero-order chi connectivity index (χ0) is 38.1. The zero-order valence-corrected chi connectivity index (χ0v) is 30.7. The second kappa shape index (κ2) is 17.9. The monoisotopic (exact) mass is 734 g/mol. The summed E-state index contributed by atoms with van der Waals surface area (Å²) in [6, 6.07) is 22.5. The molecule has 1 heterocycles. The van der Waals surface area contributed by atoms with Gasteiger partial charge in [0.25, 0.3) is 5.91 Å². The number of alkyl halides is 3. The number of ether oxygens (including phenoxy) is 2. The lowest BCUT2D eigenvalue weighted by Crippen LogP contribution is -2.47. The van der Waals surface area contributed by atoms with Crippen LogP contribution < -0.4 is 15.4 Å². The van der Waals surface area contributed by atoms with Gasteiger partial charge in [-0.3, -0.25) is 9.69 Å². The Balaban J connectivity index is 1.36. The molecule has 0 aromatic heterocycles. The molecule has 284 valence electrons. The predicted molar refractivity (Wildman–Crippen MR) is 201 cm³/mol. The Morgan fingerprint density at radius 2 is 1.74 bits per heavy atom. The molecule has 4 aromatic rings. The van der Waals surface area contributed by atoms with Crippen molar-refractivity contribution in [3.63, 3.8) is 0 Å². The van der Waals surface area contributed by atoms with Gasteiger partial charge in [0.05, 0.1) is 41.7 Å². The van der Waals surface area contributed by atoms with E-state index >= 15 is 0 Å². The molecule has 0 aliphatic carbocycles. The van der Waals surface area contributed by atoms with Gasteiger partial charge in [-0.05, 0) is 87.5 Å². The van der Waals surface area contributed by atoms with Crippen LogP contribution in [-0.2, 0) is 17.5 Å². The first kappa shape index (κ1) is 39.6. The molecule has 0 saturated heterocycles. The van der Waals surface area contributed by atoms with E-state index in [1.807, 2.05) is 68.3 Å². The number of likely N-dealkylation sites (N-methyl/N-ethyl adjacent to an activating group) is 1. The zero-order valence-electron chi connectivity index (χ0n) is 30.7. The number of rotatable bonds is 8. The van der Waals surface area contributed by atoms with Crippen molar-refractivity contribution in [2.45, 2.75) is 71.0 Å². The highest BCUT2D eigenvalue weighted by atomic mass is 19.4. The molecule has 53 heavy (non-hydrogen) atoms. The van der Waals surface area contributed by atoms with Crippen LogP contribution >= 0.6 is 0 Å². The van der Waals surface area contributed by atoms with Crippen LogP contribution in [0.1, 0.15) is 61.5 Å². The number of aliphatic hydroxyl groups is 1. The summed E-state index contributed by atoms with van der Waals surface area (Å²) < 4.78 is 52.1. The smallest absolute Gasteiger partial charge is 0.416 e. The summed E-state index contributed by atoms with van der Waals surface area (Å²) >= 11 is 0. The second-order valence-corrected chi connectivity index (χ2v) is 14.0. The van der Waals surface area contributed by atoms with E-state index in [-0.39, 0.29) is 42.7 Å². The molecule has 4 atom stereocenters. The molecular weight excluding hydrogens is 685 g/mol. The summed E-state index contributed by atoms with van der Waals surface area (Å²) in [4.78, 5) is 31.3. The molecule has 0 spiro atoms. The first-order valence-corrected chi connectivity index (χ1v) is 18.1. The van der Waals surface area contributed by atoms with E-state index in [9.17, 15) is 27.9 Å². The number of amides is 3. The maximum absolute atomic E-state index is 14.5. The number of halogens is 3. The number of fused-ring (bicyclic) bond motifs is 2. The second-order valence-electron chi connectivity index (χ2n) is 14.0. The number of hydrogen-bond donors (Lipinski definition) is 3. The number of urea groups is 1. The first-order chi connectivity index (χ1) is 25.3. The Kier molecular flexibility index (Phi) is 13.4. The Morgan fingerprint density at radius 3 is 2.47 bits per heavy atom. The summed E-state index contributed by atoms with van der Waals surface area (Å²) in [5.74, 6) is -0.180. The minimum Gasteiger partial charge on any atom is -0.490 e. The minimum absolute atomic E-state index is 0.193. The van der Waals surface area contributed by atoms with Crippen molar-refractivity contribution >= 4 is 34.1 Å². The van der Waals surface area contributed by atoms with Gasteiger partial charge in [-0.15, -0.1) is 0 Å². The maximum Gasteiger partial charge on any atom is 0.416 e. The number of benzene rings is 4. The van der Waals surface area contributed by atoms with Crippen molar-refractivity contribution in [3.8, 4) is 5.75 Å². The molecular formula is C41H49F3N4O5. The molecule has 3 amide bonds. The standard InChI is InChI=1S/C41H49F3N4O5/c1-27-23-48(28(2)26-49)39(50)35-22-33(45-40(51)46-36-14-9-12-31-11-5-6-13-34(31)36)19-20-37(35)53-29(3)10-7-8-21-52-38(27)25-47(4)24-30-15-17-32(18-16-30)41(42,43)44/h5-6,9,11-20,22,27-29,38,49H,7-8,10,21,23-26H2,1-4H3,(H2,45,46,51)/t27-,28+,29+,38+/m0/s1. The lowest BCUT2D eigenvalue weighted by molar-refractivity contribution is -0.137. The van der Waals surface area contributed by atoms with Crippen LogP contribution in [0, 0.1) is 5.92 Å². The van der Waals surface area contributed by atoms with Crippen molar-refractivity contribution in [2.75, 3.05) is 44.0 Å². The highest BCUT2D eigenvalue weighted by molar-refractivity contribution is 6.07. The van der Waals surface area contributed by atoms with Crippen LogP contribution in [0.15, 0.2) is 84.9 Å². The molecule has 0 radical (unpaired) electrons. The molecule has 1 aliphatic rings. The molecule has 0 saturated carbocycles. The normalized spacial score (nSPS) is 19.6. The van der Waals surface area contributed by atoms with Gasteiger partial charge in [-0.1, -0.05) is 55.5 Å². The predicted octanol–water partition coefficient (Wildman–Crippen LogP) is 8.43. The topological polar surface area (TPSA) is 103 Å². The highest BCUT2D eigenvalue weighted by Gasteiger charge is 2.32. The third-order valence-electron chi connectivity index (χ3n) is 9.57. The molecule has 4 aromatic carbocycles.